The Hall–Kier alpha value is -2.97. The Balaban J connectivity index is 1.98. The van der Waals surface area contributed by atoms with Gasteiger partial charge in [0.2, 0.25) is 0 Å². The fraction of sp³-hybridized carbons (Fsp3) is 0.150. The summed E-state index contributed by atoms with van der Waals surface area (Å²) in [5.74, 6) is -0.607. The lowest BCUT2D eigenvalue weighted by atomic mass is 10.2. The Bertz CT molecular complexity index is 1090. The maximum absolute atomic E-state index is 13.4. The summed E-state index contributed by atoms with van der Waals surface area (Å²) in [6.07, 6.45) is 1.47. The lowest BCUT2D eigenvalue weighted by molar-refractivity contribution is -0.139. The number of carboxylic acids is 1. The van der Waals surface area contributed by atoms with Gasteiger partial charge in [0.25, 0.3) is 10.0 Å². The van der Waals surface area contributed by atoms with Crippen LogP contribution in [-0.2, 0) is 21.4 Å². The zero-order chi connectivity index (χ0) is 21.0. The van der Waals surface area contributed by atoms with Gasteiger partial charge >= 0.3 is 5.97 Å². The number of aryl methyl sites for hydroxylation is 1. The number of rotatable bonds is 8. The Morgan fingerprint density at radius 1 is 1.17 bits per heavy atom. The molecule has 0 bridgehead atoms. The molecule has 0 aliphatic rings. The van der Waals surface area contributed by atoms with Crippen LogP contribution in [0.3, 0.4) is 0 Å². The third kappa shape index (κ3) is 4.90. The van der Waals surface area contributed by atoms with E-state index in [0.717, 1.165) is 5.56 Å². The average molecular weight is 436 g/mol. The smallest absolute Gasteiger partial charge is 0.341 e. The number of aliphatic carboxylic acids is 1. The van der Waals surface area contributed by atoms with Gasteiger partial charge in [-0.1, -0.05) is 29.3 Å². The van der Waals surface area contributed by atoms with E-state index in [1.165, 1.54) is 28.8 Å². The standard InChI is InChI=1S/C20H18ClNO6S/c1-14-4-6-15(7-5-14)22(12-16-3-2-10-27-16)29(25,26)17-8-9-19(18(21)11-17)28-13-20(23)24/h2-11H,12-13H2,1H3,(H,23,24). The Morgan fingerprint density at radius 2 is 1.90 bits per heavy atom. The zero-order valence-corrected chi connectivity index (χ0v) is 17.0. The van der Waals surface area contributed by atoms with Crippen LogP contribution in [0.25, 0.3) is 0 Å². The van der Waals surface area contributed by atoms with Crippen molar-refractivity contribution >= 4 is 33.3 Å². The Kier molecular flexibility index (Phi) is 6.14. The molecule has 3 rings (SSSR count). The van der Waals surface area contributed by atoms with Gasteiger partial charge in [0.05, 0.1) is 28.4 Å². The number of benzene rings is 2. The van der Waals surface area contributed by atoms with E-state index in [0.29, 0.717) is 11.4 Å². The monoisotopic (exact) mass is 435 g/mol. The van der Waals surface area contributed by atoms with Crippen LogP contribution in [0, 0.1) is 6.92 Å². The molecule has 2 aromatic carbocycles. The summed E-state index contributed by atoms with van der Waals surface area (Å²) in [6.45, 7) is 1.32. The predicted octanol–water partition coefficient (Wildman–Crippen LogP) is 4.10. The number of halogens is 1. The highest BCUT2D eigenvalue weighted by atomic mass is 35.5. The van der Waals surface area contributed by atoms with Gasteiger partial charge in [-0.25, -0.2) is 13.2 Å². The highest BCUT2D eigenvalue weighted by Crippen LogP contribution is 2.31. The van der Waals surface area contributed by atoms with Crippen LogP contribution in [0.2, 0.25) is 5.02 Å². The van der Waals surface area contributed by atoms with Crippen LogP contribution in [0.5, 0.6) is 5.75 Å². The topological polar surface area (TPSA) is 97.0 Å². The average Bonchev–Trinajstić information content (AvgIpc) is 3.19. The minimum Gasteiger partial charge on any atom is -0.480 e. The molecule has 0 radical (unpaired) electrons. The quantitative estimate of drug-likeness (QED) is 0.572. The largest absolute Gasteiger partial charge is 0.480 e. The number of carboxylic acid groups (broad SMARTS) is 1. The van der Waals surface area contributed by atoms with Crippen LogP contribution in [0.15, 0.2) is 70.2 Å². The van der Waals surface area contributed by atoms with E-state index in [9.17, 15) is 13.2 Å². The number of ether oxygens (including phenoxy) is 1. The van der Waals surface area contributed by atoms with Gasteiger partial charge in [0.1, 0.15) is 11.5 Å². The summed E-state index contributed by atoms with van der Waals surface area (Å²) in [5, 5.41) is 8.71. The third-order valence-electron chi connectivity index (χ3n) is 4.04. The second-order valence-corrected chi connectivity index (χ2v) is 8.47. The van der Waals surface area contributed by atoms with Crippen LogP contribution in [0.4, 0.5) is 5.69 Å². The number of anilines is 1. The minimum atomic E-state index is -4.00. The zero-order valence-electron chi connectivity index (χ0n) is 15.4. The summed E-state index contributed by atoms with van der Waals surface area (Å²) in [4.78, 5) is 10.6. The lowest BCUT2D eigenvalue weighted by Crippen LogP contribution is -2.30. The van der Waals surface area contributed by atoms with Crippen LogP contribution >= 0.6 is 11.6 Å². The van der Waals surface area contributed by atoms with Crippen LogP contribution in [-0.4, -0.2) is 26.1 Å². The molecule has 152 valence electrons. The second kappa shape index (κ2) is 8.59. The molecular formula is C20H18ClNO6S. The van der Waals surface area contributed by atoms with Gasteiger partial charge in [-0.2, -0.15) is 0 Å². The molecule has 7 nitrogen and oxygen atoms in total. The maximum atomic E-state index is 13.4. The van der Waals surface area contributed by atoms with E-state index >= 15 is 0 Å². The summed E-state index contributed by atoms with van der Waals surface area (Å²) in [7, 11) is -4.00. The molecule has 0 fully saturated rings. The molecule has 9 heteroatoms. The van der Waals surface area contributed by atoms with Crippen molar-refractivity contribution in [1.29, 1.82) is 0 Å². The molecular weight excluding hydrogens is 418 g/mol. The number of carbonyl (C=O) groups is 1. The van der Waals surface area contributed by atoms with E-state index in [2.05, 4.69) is 0 Å². The maximum Gasteiger partial charge on any atom is 0.341 e. The summed E-state index contributed by atoms with van der Waals surface area (Å²) >= 11 is 6.11. The molecule has 0 saturated heterocycles. The van der Waals surface area contributed by atoms with Crippen molar-refractivity contribution in [3.05, 3.63) is 77.2 Å². The fourth-order valence-electron chi connectivity index (χ4n) is 2.60. The molecule has 1 N–H and O–H groups in total. The second-order valence-electron chi connectivity index (χ2n) is 6.20. The molecule has 1 heterocycles. The molecule has 0 atom stereocenters. The highest BCUT2D eigenvalue weighted by Gasteiger charge is 2.27. The molecule has 0 unspecified atom stereocenters. The summed E-state index contributed by atoms with van der Waals surface area (Å²) < 4.78 is 38.3. The minimum absolute atomic E-state index is 0.00539. The van der Waals surface area contributed by atoms with E-state index in [1.54, 1.807) is 24.3 Å². The van der Waals surface area contributed by atoms with Crippen LogP contribution < -0.4 is 9.04 Å². The van der Waals surface area contributed by atoms with Crippen molar-refractivity contribution in [2.75, 3.05) is 10.9 Å². The summed E-state index contributed by atoms with van der Waals surface area (Å²) in [6, 6.07) is 14.3. The van der Waals surface area contributed by atoms with Crippen LogP contribution in [0.1, 0.15) is 11.3 Å². The van der Waals surface area contributed by atoms with Gasteiger partial charge in [0.15, 0.2) is 6.61 Å². The number of hydrogen-bond acceptors (Lipinski definition) is 5. The van der Waals surface area contributed by atoms with Gasteiger partial charge in [0, 0.05) is 0 Å². The van der Waals surface area contributed by atoms with Gasteiger partial charge in [-0.3, -0.25) is 4.31 Å². The van der Waals surface area contributed by atoms with E-state index < -0.39 is 22.6 Å². The van der Waals surface area contributed by atoms with Gasteiger partial charge in [-0.05, 0) is 49.4 Å². The Labute approximate surface area is 173 Å². The third-order valence-corrected chi connectivity index (χ3v) is 6.11. The molecule has 0 amide bonds. The van der Waals surface area contributed by atoms with E-state index in [1.807, 2.05) is 19.1 Å². The first-order chi connectivity index (χ1) is 13.8. The number of nitrogens with zero attached hydrogens (tertiary/aromatic N) is 1. The molecule has 1 aromatic heterocycles. The molecule has 0 aliphatic carbocycles. The molecule has 3 aromatic rings. The SMILES string of the molecule is Cc1ccc(N(Cc2ccco2)S(=O)(=O)c2ccc(OCC(=O)O)c(Cl)c2)cc1. The lowest BCUT2D eigenvalue weighted by Gasteiger charge is -2.24. The predicted molar refractivity (Wildman–Crippen MR) is 108 cm³/mol. The van der Waals surface area contributed by atoms with Crippen molar-refractivity contribution in [2.24, 2.45) is 0 Å². The first-order valence-corrected chi connectivity index (χ1v) is 10.3. The summed E-state index contributed by atoms with van der Waals surface area (Å²) in [5.41, 5.74) is 1.46. The van der Waals surface area contributed by atoms with E-state index in [-0.39, 0.29) is 22.2 Å². The van der Waals surface area contributed by atoms with Crippen molar-refractivity contribution in [2.45, 2.75) is 18.4 Å². The molecule has 0 spiro atoms. The van der Waals surface area contributed by atoms with E-state index in [4.69, 9.17) is 25.9 Å². The molecule has 0 aliphatic heterocycles. The first kappa shape index (κ1) is 20.8. The highest BCUT2D eigenvalue weighted by molar-refractivity contribution is 7.92. The van der Waals surface area contributed by atoms with Crippen molar-refractivity contribution < 1.29 is 27.5 Å². The molecule has 29 heavy (non-hydrogen) atoms. The fourth-order valence-corrected chi connectivity index (χ4v) is 4.35. The number of sulfonamides is 1. The first-order valence-electron chi connectivity index (χ1n) is 8.53. The normalized spacial score (nSPS) is 11.2. The molecule has 0 saturated carbocycles. The number of furan rings is 1. The van der Waals surface area contributed by atoms with Crippen molar-refractivity contribution in [3.63, 3.8) is 0 Å². The number of hydrogen-bond donors (Lipinski definition) is 1. The van der Waals surface area contributed by atoms with Gasteiger partial charge in [-0.15, -0.1) is 0 Å². The van der Waals surface area contributed by atoms with Crippen molar-refractivity contribution in [3.8, 4) is 5.75 Å². The Morgan fingerprint density at radius 3 is 2.48 bits per heavy atom. The van der Waals surface area contributed by atoms with Gasteiger partial charge < -0.3 is 14.3 Å². The van der Waals surface area contributed by atoms with Crippen molar-refractivity contribution in [1.82, 2.24) is 0 Å².